The molecule has 9 nitrogen and oxygen atoms in total. The zero-order chi connectivity index (χ0) is 43.0. The van der Waals surface area contributed by atoms with Crippen molar-refractivity contribution in [3.8, 4) is 5.69 Å². The molecule has 0 amide bonds. The van der Waals surface area contributed by atoms with Crippen molar-refractivity contribution in [2.24, 2.45) is 0 Å². The Hall–Kier alpha value is -8.82. The number of imidazole rings is 2. The van der Waals surface area contributed by atoms with Crippen LogP contribution in [0.5, 0.6) is 0 Å². The molecule has 6 heterocycles. The normalized spacial score (nSPS) is 14.4. The molecule has 0 unspecified atom stereocenters. The standard InChI is InChI=1S/C55H37B2N9/c1-3-18-38(19-4-1)61-47-28-11-14-31-50(47)65-51-32-15-13-30-49(51)64(56(61)65)42-34-35-53-54(37-42)66-52-33-16-12-29-48(52)62(39-20-5-2-6-21-39)57(66)63(53)41-23-17-22-40(36-41)59-45-26-9-10-27-46(45)60-44-25-8-7-24-43(44)58-55(59)60/h1-37H. The summed E-state index contributed by atoms with van der Waals surface area (Å²) in [5, 5.41) is 0. The summed E-state index contributed by atoms with van der Waals surface area (Å²) in [6, 6.07) is 81.2. The van der Waals surface area contributed by atoms with Gasteiger partial charge in [0.05, 0.1) is 73.3 Å². The van der Waals surface area contributed by atoms with Gasteiger partial charge in [0.2, 0.25) is 5.78 Å². The molecule has 2 aromatic heterocycles. The Labute approximate surface area is 381 Å². The third-order valence-electron chi connectivity index (χ3n) is 13.9. The third kappa shape index (κ3) is 4.72. The van der Waals surface area contributed by atoms with Gasteiger partial charge in [-0.2, -0.15) is 0 Å². The fraction of sp³-hybridized carbons (Fsp3) is 0. The largest absolute Gasteiger partial charge is 0.519 e. The fourth-order valence-electron chi connectivity index (χ4n) is 11.3. The summed E-state index contributed by atoms with van der Waals surface area (Å²) < 4.78 is 4.60. The van der Waals surface area contributed by atoms with Crippen molar-refractivity contribution < 1.29 is 0 Å². The van der Waals surface area contributed by atoms with Crippen LogP contribution in [0.15, 0.2) is 224 Å². The SMILES string of the molecule is c1ccc(N2B3N(c4ccc5c(c4)N4B(N(c6ccccc6)c6ccccc64)N5c4cccc(-n5c6ccccc6n6c7ccccc7nc56)c4)c4ccccc4N3c3ccccc32)cc1. The highest BCUT2D eigenvalue weighted by molar-refractivity contribution is 6.81. The second-order valence-electron chi connectivity index (χ2n) is 17.3. The van der Waals surface area contributed by atoms with Gasteiger partial charge in [0.15, 0.2) is 0 Å². The van der Waals surface area contributed by atoms with E-state index >= 15 is 0 Å². The van der Waals surface area contributed by atoms with Crippen molar-refractivity contribution in [1.29, 1.82) is 0 Å². The maximum atomic E-state index is 5.23. The quantitative estimate of drug-likeness (QED) is 0.160. The topological polar surface area (TPSA) is 41.7 Å². The molecule has 0 saturated carbocycles. The number of nitrogens with zero attached hydrogens (tertiary/aromatic N) is 9. The molecule has 0 N–H and O–H groups in total. The Kier molecular flexibility index (Phi) is 7.21. The lowest BCUT2D eigenvalue weighted by Gasteiger charge is -2.32. The molecule has 4 aliphatic rings. The summed E-state index contributed by atoms with van der Waals surface area (Å²) in [6.45, 7) is 0. The zero-order valence-electron chi connectivity index (χ0n) is 35.5. The molecule has 0 spiro atoms. The molecule has 4 aliphatic heterocycles. The molecule has 11 heteroatoms. The molecule has 11 aromatic rings. The van der Waals surface area contributed by atoms with E-state index in [0.717, 1.165) is 79.0 Å². The highest BCUT2D eigenvalue weighted by atomic mass is 15.5. The van der Waals surface area contributed by atoms with E-state index in [2.05, 4.69) is 262 Å². The van der Waals surface area contributed by atoms with Crippen LogP contribution in [0.25, 0.3) is 33.5 Å². The zero-order valence-corrected chi connectivity index (χ0v) is 35.5. The van der Waals surface area contributed by atoms with Crippen LogP contribution in [0.3, 0.4) is 0 Å². The van der Waals surface area contributed by atoms with Crippen LogP contribution >= 0.6 is 0 Å². The molecule has 0 radical (unpaired) electrons. The maximum absolute atomic E-state index is 5.23. The smallest absolute Gasteiger partial charge is 0.344 e. The second-order valence-corrected chi connectivity index (χ2v) is 17.3. The molecule has 0 bridgehead atoms. The van der Waals surface area contributed by atoms with Gasteiger partial charge >= 0.3 is 14.2 Å². The number of anilines is 12. The Morgan fingerprint density at radius 1 is 0.273 bits per heavy atom. The van der Waals surface area contributed by atoms with Crippen molar-refractivity contribution in [3.63, 3.8) is 0 Å². The van der Waals surface area contributed by atoms with E-state index in [-0.39, 0.29) is 14.2 Å². The lowest BCUT2D eigenvalue weighted by atomic mass is 9.86. The molecule has 0 aliphatic carbocycles. The van der Waals surface area contributed by atoms with Crippen LogP contribution in [0.4, 0.5) is 68.2 Å². The molecule has 15 rings (SSSR count). The second kappa shape index (κ2) is 13.4. The van der Waals surface area contributed by atoms with Gasteiger partial charge < -0.3 is 28.9 Å². The monoisotopic (exact) mass is 845 g/mol. The summed E-state index contributed by atoms with van der Waals surface area (Å²) in [5.41, 5.74) is 19.1. The summed E-state index contributed by atoms with van der Waals surface area (Å²) >= 11 is 0. The molecular weight excluding hydrogens is 808 g/mol. The predicted molar refractivity (Wildman–Crippen MR) is 273 cm³/mol. The average molecular weight is 846 g/mol. The van der Waals surface area contributed by atoms with Gasteiger partial charge in [0, 0.05) is 22.7 Å². The summed E-state index contributed by atoms with van der Waals surface area (Å²) in [7, 11) is -0.399. The van der Waals surface area contributed by atoms with Crippen LogP contribution in [0.1, 0.15) is 0 Å². The van der Waals surface area contributed by atoms with E-state index in [9.17, 15) is 0 Å². The highest BCUT2D eigenvalue weighted by Crippen LogP contribution is 2.59. The Bertz CT molecular complexity index is 3750. The van der Waals surface area contributed by atoms with Crippen LogP contribution < -0.4 is 28.9 Å². The highest BCUT2D eigenvalue weighted by Gasteiger charge is 2.56. The molecule has 9 aromatic carbocycles. The van der Waals surface area contributed by atoms with Crippen LogP contribution in [-0.2, 0) is 0 Å². The van der Waals surface area contributed by atoms with Gasteiger partial charge in [-0.05, 0) is 121 Å². The lowest BCUT2D eigenvalue weighted by molar-refractivity contribution is 1.11. The van der Waals surface area contributed by atoms with Crippen LogP contribution in [0.2, 0.25) is 0 Å². The van der Waals surface area contributed by atoms with Gasteiger partial charge in [0.25, 0.3) is 0 Å². The van der Waals surface area contributed by atoms with Crippen molar-refractivity contribution >= 4 is 110 Å². The van der Waals surface area contributed by atoms with Crippen LogP contribution in [0, 0.1) is 0 Å². The summed E-state index contributed by atoms with van der Waals surface area (Å²) in [4.78, 5) is 20.3. The van der Waals surface area contributed by atoms with Gasteiger partial charge in [-0.1, -0.05) is 103 Å². The Balaban J connectivity index is 0.943. The minimum absolute atomic E-state index is 0.163. The van der Waals surface area contributed by atoms with Gasteiger partial charge in [-0.15, -0.1) is 0 Å². The van der Waals surface area contributed by atoms with E-state index in [1.807, 2.05) is 0 Å². The molecule has 0 atom stereocenters. The first-order valence-corrected chi connectivity index (χ1v) is 22.5. The van der Waals surface area contributed by atoms with Crippen molar-refractivity contribution in [2.45, 2.75) is 0 Å². The summed E-state index contributed by atoms with van der Waals surface area (Å²) in [5.74, 6) is 0.889. The number of hydrogen-bond donors (Lipinski definition) is 0. The Morgan fingerprint density at radius 2 is 0.682 bits per heavy atom. The first kappa shape index (κ1) is 35.6. The first-order valence-electron chi connectivity index (χ1n) is 22.5. The predicted octanol–water partition coefficient (Wildman–Crippen LogP) is 13.3. The number of aromatic nitrogens is 3. The molecule has 308 valence electrons. The summed E-state index contributed by atoms with van der Waals surface area (Å²) in [6.07, 6.45) is 0. The number of rotatable bonds is 5. The van der Waals surface area contributed by atoms with Crippen LogP contribution in [-0.4, -0.2) is 28.2 Å². The number of hydrogen-bond acceptors (Lipinski definition) is 7. The van der Waals surface area contributed by atoms with E-state index < -0.39 is 0 Å². The van der Waals surface area contributed by atoms with Gasteiger partial charge in [0.1, 0.15) is 0 Å². The van der Waals surface area contributed by atoms with E-state index in [1.54, 1.807) is 0 Å². The lowest BCUT2D eigenvalue weighted by Crippen LogP contribution is -2.51. The van der Waals surface area contributed by atoms with E-state index in [4.69, 9.17) is 4.98 Å². The fourth-order valence-corrected chi connectivity index (χ4v) is 11.3. The molecular formula is C55H37B2N9. The van der Waals surface area contributed by atoms with E-state index in [1.165, 1.54) is 22.7 Å². The van der Waals surface area contributed by atoms with Crippen molar-refractivity contribution in [3.05, 3.63) is 224 Å². The number of para-hydroxylation sites is 12. The minimum atomic E-state index is -0.236. The van der Waals surface area contributed by atoms with Crippen molar-refractivity contribution in [2.75, 3.05) is 28.9 Å². The van der Waals surface area contributed by atoms with Crippen molar-refractivity contribution in [1.82, 2.24) is 14.0 Å². The van der Waals surface area contributed by atoms with Gasteiger partial charge in [-0.3, -0.25) is 8.97 Å². The minimum Gasteiger partial charge on any atom is -0.344 e. The maximum Gasteiger partial charge on any atom is 0.519 e. The molecule has 0 saturated heterocycles. The van der Waals surface area contributed by atoms with Gasteiger partial charge in [-0.25, -0.2) is 4.98 Å². The average Bonchev–Trinajstić information content (AvgIpc) is 4.21. The molecule has 0 fully saturated rings. The first-order chi connectivity index (χ1) is 32.8. The number of fused-ring (bicyclic) bond motifs is 15. The number of benzene rings is 9. The Morgan fingerprint density at radius 3 is 1.27 bits per heavy atom. The van der Waals surface area contributed by atoms with E-state index in [0.29, 0.717) is 0 Å². The third-order valence-corrected chi connectivity index (χ3v) is 13.9. The molecule has 66 heavy (non-hydrogen) atoms.